The number of hydrogen-bond acceptors (Lipinski definition) is 5. The van der Waals surface area contributed by atoms with Gasteiger partial charge in [-0.3, -0.25) is 4.79 Å². The predicted molar refractivity (Wildman–Crippen MR) is 93.4 cm³/mol. The van der Waals surface area contributed by atoms with Gasteiger partial charge in [0.2, 0.25) is 5.95 Å². The number of rotatable bonds is 3. The van der Waals surface area contributed by atoms with Gasteiger partial charge < -0.3 is 11.1 Å². The van der Waals surface area contributed by atoms with Crippen molar-refractivity contribution in [1.82, 2.24) is 9.55 Å². The molecule has 24 heavy (non-hydrogen) atoms. The molecule has 118 valence electrons. The van der Waals surface area contributed by atoms with Crippen molar-refractivity contribution < 1.29 is 0 Å². The molecule has 0 aliphatic rings. The smallest absolute Gasteiger partial charge is 0.279 e. The summed E-state index contributed by atoms with van der Waals surface area (Å²) in [6.07, 6.45) is 0. The van der Waals surface area contributed by atoms with Crippen molar-refractivity contribution in [3.63, 3.8) is 0 Å². The van der Waals surface area contributed by atoms with Crippen molar-refractivity contribution in [2.45, 2.75) is 6.92 Å². The number of anilines is 3. The van der Waals surface area contributed by atoms with E-state index in [0.717, 1.165) is 5.56 Å². The summed E-state index contributed by atoms with van der Waals surface area (Å²) < 4.78 is 1.23. The number of nitrogens with one attached hydrogen (secondary N) is 1. The van der Waals surface area contributed by atoms with Crippen molar-refractivity contribution >= 4 is 17.5 Å². The third-order valence-electron chi connectivity index (χ3n) is 3.55. The molecule has 3 rings (SSSR count). The molecular formula is C18H15N5O. The van der Waals surface area contributed by atoms with Crippen LogP contribution in [0.25, 0.3) is 5.69 Å². The molecule has 0 atom stereocenters. The maximum absolute atomic E-state index is 12.7. The Hall–Kier alpha value is -3.59. The number of benzene rings is 2. The second-order valence-corrected chi connectivity index (χ2v) is 5.27. The fourth-order valence-corrected chi connectivity index (χ4v) is 2.33. The zero-order valence-corrected chi connectivity index (χ0v) is 13.0. The van der Waals surface area contributed by atoms with Crippen LogP contribution in [0.15, 0.2) is 59.4 Å². The first kappa shape index (κ1) is 15.3. The van der Waals surface area contributed by atoms with E-state index in [1.807, 2.05) is 55.5 Å². The van der Waals surface area contributed by atoms with Gasteiger partial charge in [0.15, 0.2) is 11.4 Å². The summed E-state index contributed by atoms with van der Waals surface area (Å²) in [6.45, 7) is 1.95. The number of aryl methyl sites for hydroxylation is 1. The van der Waals surface area contributed by atoms with Crippen LogP contribution < -0.4 is 16.6 Å². The van der Waals surface area contributed by atoms with Crippen LogP contribution in [0.5, 0.6) is 0 Å². The summed E-state index contributed by atoms with van der Waals surface area (Å²) >= 11 is 0. The molecule has 3 aromatic rings. The van der Waals surface area contributed by atoms with E-state index in [0.29, 0.717) is 11.4 Å². The van der Waals surface area contributed by atoms with Crippen molar-refractivity contribution in [3.05, 3.63) is 76.1 Å². The number of nitrogens with two attached hydrogens (primary N) is 1. The van der Waals surface area contributed by atoms with Crippen LogP contribution in [0.4, 0.5) is 17.5 Å². The Bertz CT molecular complexity index is 969. The van der Waals surface area contributed by atoms with Crippen LogP contribution in [0.2, 0.25) is 0 Å². The first-order valence-corrected chi connectivity index (χ1v) is 7.32. The molecule has 3 N–H and O–H groups in total. The summed E-state index contributed by atoms with van der Waals surface area (Å²) in [5.41, 5.74) is 7.72. The summed E-state index contributed by atoms with van der Waals surface area (Å²) in [5, 5.41) is 12.4. The van der Waals surface area contributed by atoms with Crippen LogP contribution in [0.1, 0.15) is 11.1 Å². The second-order valence-electron chi connectivity index (χ2n) is 5.27. The molecule has 0 amide bonds. The van der Waals surface area contributed by atoms with E-state index in [-0.39, 0.29) is 17.3 Å². The number of nitriles is 1. The number of para-hydroxylation sites is 1. The first-order valence-electron chi connectivity index (χ1n) is 7.32. The van der Waals surface area contributed by atoms with Gasteiger partial charge >= 0.3 is 0 Å². The van der Waals surface area contributed by atoms with E-state index in [9.17, 15) is 10.1 Å². The number of hydrogen-bond donors (Lipinski definition) is 2. The highest BCUT2D eigenvalue weighted by atomic mass is 16.1. The fraction of sp³-hybridized carbons (Fsp3) is 0.0556. The molecule has 6 nitrogen and oxygen atoms in total. The Labute approximate surface area is 138 Å². The Morgan fingerprint density at radius 3 is 2.42 bits per heavy atom. The highest BCUT2D eigenvalue weighted by Crippen LogP contribution is 2.19. The molecular weight excluding hydrogens is 302 g/mol. The maximum atomic E-state index is 12.7. The molecule has 0 fully saturated rings. The third-order valence-corrected chi connectivity index (χ3v) is 3.55. The quantitative estimate of drug-likeness (QED) is 0.774. The Kier molecular flexibility index (Phi) is 4.00. The summed E-state index contributed by atoms with van der Waals surface area (Å²) in [6, 6.07) is 18.3. The van der Waals surface area contributed by atoms with Gasteiger partial charge in [-0.05, 0) is 31.2 Å². The van der Waals surface area contributed by atoms with E-state index in [1.165, 1.54) is 4.57 Å². The van der Waals surface area contributed by atoms with Crippen LogP contribution in [0, 0.1) is 18.3 Å². The average molecular weight is 317 g/mol. The van der Waals surface area contributed by atoms with Crippen LogP contribution in [0.3, 0.4) is 0 Å². The second kappa shape index (κ2) is 6.26. The molecule has 0 aliphatic carbocycles. The molecule has 1 aromatic heterocycles. The SMILES string of the molecule is Cc1ccc(-n2c(N)nc(Nc3ccccc3)c(C#N)c2=O)cc1. The van der Waals surface area contributed by atoms with Crippen molar-refractivity contribution in [2.24, 2.45) is 0 Å². The van der Waals surface area contributed by atoms with E-state index in [1.54, 1.807) is 12.1 Å². The average Bonchev–Trinajstić information content (AvgIpc) is 2.57. The molecule has 0 bridgehead atoms. The largest absolute Gasteiger partial charge is 0.369 e. The third kappa shape index (κ3) is 2.83. The summed E-state index contributed by atoms with van der Waals surface area (Å²) in [7, 11) is 0. The van der Waals surface area contributed by atoms with Gasteiger partial charge in [-0.25, -0.2) is 4.57 Å². The molecule has 0 saturated carbocycles. The summed E-state index contributed by atoms with van der Waals surface area (Å²) in [5.74, 6) is 0.163. The normalized spacial score (nSPS) is 10.2. The zero-order chi connectivity index (χ0) is 17.1. The Morgan fingerprint density at radius 2 is 1.79 bits per heavy atom. The van der Waals surface area contributed by atoms with Crippen molar-refractivity contribution in [3.8, 4) is 11.8 Å². The molecule has 0 unspecified atom stereocenters. The Morgan fingerprint density at radius 1 is 1.12 bits per heavy atom. The first-order chi connectivity index (χ1) is 11.6. The lowest BCUT2D eigenvalue weighted by atomic mass is 10.2. The fourth-order valence-electron chi connectivity index (χ4n) is 2.33. The van der Waals surface area contributed by atoms with Crippen molar-refractivity contribution in [1.29, 1.82) is 5.26 Å². The van der Waals surface area contributed by atoms with Gasteiger partial charge in [-0.15, -0.1) is 0 Å². The van der Waals surface area contributed by atoms with Crippen LogP contribution in [-0.4, -0.2) is 9.55 Å². The molecule has 0 aliphatic heterocycles. The predicted octanol–water partition coefficient (Wildman–Crippen LogP) is 2.74. The minimum absolute atomic E-state index is 0.0151. The van der Waals surface area contributed by atoms with Gasteiger partial charge in [-0.1, -0.05) is 35.9 Å². The van der Waals surface area contributed by atoms with Gasteiger partial charge in [-0.2, -0.15) is 10.2 Å². The van der Waals surface area contributed by atoms with E-state index < -0.39 is 5.56 Å². The maximum Gasteiger partial charge on any atom is 0.279 e. The van der Waals surface area contributed by atoms with E-state index in [4.69, 9.17) is 5.73 Å². The summed E-state index contributed by atoms with van der Waals surface area (Å²) in [4.78, 5) is 16.9. The number of nitrogen functional groups attached to an aromatic ring is 1. The monoisotopic (exact) mass is 317 g/mol. The lowest BCUT2D eigenvalue weighted by molar-refractivity contribution is 0.949. The molecule has 1 heterocycles. The van der Waals surface area contributed by atoms with Gasteiger partial charge in [0.1, 0.15) is 6.07 Å². The van der Waals surface area contributed by atoms with Crippen LogP contribution >= 0.6 is 0 Å². The zero-order valence-electron chi connectivity index (χ0n) is 13.0. The Balaban J connectivity index is 2.13. The minimum Gasteiger partial charge on any atom is -0.369 e. The number of aromatic nitrogens is 2. The van der Waals surface area contributed by atoms with Gasteiger partial charge in [0.25, 0.3) is 5.56 Å². The molecule has 0 saturated heterocycles. The van der Waals surface area contributed by atoms with Gasteiger partial charge in [0, 0.05) is 5.69 Å². The van der Waals surface area contributed by atoms with Gasteiger partial charge in [0.05, 0.1) is 5.69 Å². The molecule has 2 aromatic carbocycles. The van der Waals surface area contributed by atoms with Crippen LogP contribution in [-0.2, 0) is 0 Å². The van der Waals surface area contributed by atoms with Crippen molar-refractivity contribution in [2.75, 3.05) is 11.1 Å². The topological polar surface area (TPSA) is 96.7 Å². The molecule has 0 spiro atoms. The lowest BCUT2D eigenvalue weighted by Gasteiger charge is -2.13. The highest BCUT2D eigenvalue weighted by Gasteiger charge is 2.16. The lowest BCUT2D eigenvalue weighted by Crippen LogP contribution is -2.26. The standard InChI is InChI=1S/C18H15N5O/c1-12-7-9-14(10-8-12)23-17(24)15(11-19)16(22-18(23)20)21-13-5-3-2-4-6-13/h2-10,21H,1H3,(H2,20,22). The highest BCUT2D eigenvalue weighted by molar-refractivity contribution is 5.64. The minimum atomic E-state index is -0.507. The molecule has 6 heteroatoms. The molecule has 0 radical (unpaired) electrons. The number of nitrogens with zero attached hydrogens (tertiary/aromatic N) is 3. The van der Waals surface area contributed by atoms with E-state index >= 15 is 0 Å². The van der Waals surface area contributed by atoms with E-state index in [2.05, 4.69) is 10.3 Å².